The van der Waals surface area contributed by atoms with Gasteiger partial charge in [-0.2, -0.15) is 0 Å². The van der Waals surface area contributed by atoms with Crippen LogP contribution in [0, 0.1) is 5.21 Å². The molecule has 0 fully saturated rings. The van der Waals surface area contributed by atoms with Crippen molar-refractivity contribution in [3.8, 4) is 0 Å². The van der Waals surface area contributed by atoms with Gasteiger partial charge in [0.1, 0.15) is 0 Å². The highest BCUT2D eigenvalue weighted by atomic mass is 79.9. The topological polar surface area (TPSA) is 91.4 Å². The highest BCUT2D eigenvalue weighted by Gasteiger charge is 2.26. The second kappa shape index (κ2) is 6.75. The molecule has 1 aromatic heterocycles. The number of nitrogens with one attached hydrogen (secondary N) is 2. The number of aryl methyl sites for hydroxylation is 1. The van der Waals surface area contributed by atoms with Crippen LogP contribution in [0.15, 0.2) is 46.9 Å². The molecular weight excluding hydrogens is 398 g/mol. The van der Waals surface area contributed by atoms with Crippen molar-refractivity contribution in [2.24, 2.45) is 0 Å². The van der Waals surface area contributed by atoms with E-state index in [2.05, 4.69) is 32.3 Å². The monoisotopic (exact) mass is 414 g/mol. The summed E-state index contributed by atoms with van der Waals surface area (Å²) in [7, 11) is 0. The lowest BCUT2D eigenvalue weighted by molar-refractivity contribution is 0.0932. The summed E-state index contributed by atoms with van der Waals surface area (Å²) in [5.74, 6) is -0.204. The molecule has 0 spiro atoms. The molecule has 0 bridgehead atoms. The quantitative estimate of drug-likeness (QED) is 0.552. The Labute approximate surface area is 158 Å². The summed E-state index contributed by atoms with van der Waals surface area (Å²) in [6, 6.07) is 11.9. The summed E-state index contributed by atoms with van der Waals surface area (Å²) in [5.41, 5.74) is 3.93. The van der Waals surface area contributed by atoms with E-state index in [9.17, 15) is 10.0 Å². The summed E-state index contributed by atoms with van der Waals surface area (Å²) >= 11 is 3.52. The number of amides is 1. The number of H-pyrrole nitrogens is 1. The number of carbonyl (C=O) groups is 1. The smallest absolute Gasteiger partial charge is 0.251 e. The average Bonchev–Trinajstić information content (AvgIpc) is 3.01. The van der Waals surface area contributed by atoms with Crippen molar-refractivity contribution in [1.29, 1.82) is 0 Å². The molecule has 3 N–H and O–H groups in total. The number of halogens is 1. The van der Waals surface area contributed by atoms with E-state index in [0.29, 0.717) is 5.56 Å². The minimum absolute atomic E-state index is 0.0778. The zero-order valence-electron chi connectivity index (χ0n) is 13.8. The number of nitrogens with zero attached hydrogens (tertiary/aromatic N) is 1. The molecule has 134 valence electrons. The van der Waals surface area contributed by atoms with Gasteiger partial charge in [-0.15, -0.1) is 0 Å². The van der Waals surface area contributed by atoms with Crippen LogP contribution in [0.25, 0.3) is 10.9 Å². The largest absolute Gasteiger partial charge is 0.733 e. The van der Waals surface area contributed by atoms with Gasteiger partial charge in [0.2, 0.25) is 0 Å². The molecule has 1 aliphatic carbocycles. The molecule has 0 radical (unpaired) electrons. The minimum Gasteiger partial charge on any atom is -0.733 e. The Morgan fingerprint density at radius 2 is 2.04 bits per heavy atom. The molecule has 0 saturated heterocycles. The molecule has 7 heteroatoms. The Bertz CT molecular complexity index is 966. The summed E-state index contributed by atoms with van der Waals surface area (Å²) in [6.07, 6.45) is 2.87. The first-order chi connectivity index (χ1) is 12.5. The van der Waals surface area contributed by atoms with E-state index in [1.807, 2.05) is 12.1 Å². The van der Waals surface area contributed by atoms with Gasteiger partial charge in [0.25, 0.3) is 5.91 Å². The van der Waals surface area contributed by atoms with Crippen molar-refractivity contribution >= 4 is 38.4 Å². The van der Waals surface area contributed by atoms with E-state index in [-0.39, 0.29) is 22.9 Å². The summed E-state index contributed by atoms with van der Waals surface area (Å²) in [5, 5.41) is 23.8. The van der Waals surface area contributed by atoms with E-state index in [4.69, 9.17) is 5.21 Å². The van der Waals surface area contributed by atoms with Gasteiger partial charge in [-0.1, -0.05) is 15.9 Å². The molecule has 1 amide bonds. The standard InChI is InChI=1S/C19H17BrN3O3/c20-12-6-9-16-15(10-12)14-2-1-3-17(18(14)21-16)22-19(24)11-4-7-13(8-5-11)23(25)26/h4-10,17,21,25H,1-3H2,(H,22,24)/q-1. The van der Waals surface area contributed by atoms with Crippen molar-refractivity contribution in [2.45, 2.75) is 25.3 Å². The van der Waals surface area contributed by atoms with Crippen molar-refractivity contribution < 1.29 is 10.0 Å². The second-order valence-corrected chi connectivity index (χ2v) is 7.36. The number of benzene rings is 2. The molecule has 4 rings (SSSR count). The van der Waals surface area contributed by atoms with Gasteiger partial charge in [0, 0.05) is 26.6 Å². The zero-order chi connectivity index (χ0) is 18.3. The average molecular weight is 415 g/mol. The van der Waals surface area contributed by atoms with Crippen LogP contribution in [-0.4, -0.2) is 16.1 Å². The summed E-state index contributed by atoms with van der Waals surface area (Å²) in [6.45, 7) is 0. The zero-order valence-corrected chi connectivity index (χ0v) is 15.4. The first-order valence-corrected chi connectivity index (χ1v) is 9.19. The normalized spacial score (nSPS) is 16.3. The Balaban J connectivity index is 1.60. The third-order valence-corrected chi connectivity index (χ3v) is 5.32. The molecule has 1 aliphatic rings. The third-order valence-electron chi connectivity index (χ3n) is 4.82. The number of anilines is 1. The Kier molecular flexibility index (Phi) is 4.44. The molecule has 1 unspecified atom stereocenters. The van der Waals surface area contributed by atoms with Crippen LogP contribution >= 0.6 is 15.9 Å². The predicted molar refractivity (Wildman–Crippen MR) is 103 cm³/mol. The van der Waals surface area contributed by atoms with Crippen LogP contribution in [0.4, 0.5) is 5.69 Å². The number of rotatable bonds is 3. The molecule has 1 atom stereocenters. The van der Waals surface area contributed by atoms with Crippen LogP contribution in [0.3, 0.4) is 0 Å². The Morgan fingerprint density at radius 1 is 1.27 bits per heavy atom. The molecular formula is C19H17BrN3O3-. The lowest BCUT2D eigenvalue weighted by Crippen LogP contribution is -2.31. The molecule has 0 saturated carbocycles. The summed E-state index contributed by atoms with van der Waals surface area (Å²) < 4.78 is 1.04. The van der Waals surface area contributed by atoms with E-state index in [0.717, 1.165) is 34.9 Å². The Hall–Kier alpha value is -2.35. The van der Waals surface area contributed by atoms with Crippen molar-refractivity contribution in [1.82, 2.24) is 10.3 Å². The fourth-order valence-electron chi connectivity index (χ4n) is 3.56. The number of aromatic amines is 1. The van der Waals surface area contributed by atoms with Crippen molar-refractivity contribution in [2.75, 3.05) is 5.23 Å². The number of carbonyl (C=O) groups excluding carboxylic acids is 1. The SMILES string of the molecule is O=C(NC1CCCc2c1[nH]c1ccc(Br)cc21)c1ccc(N([O-])O)cc1. The lowest BCUT2D eigenvalue weighted by atomic mass is 9.91. The van der Waals surface area contributed by atoms with Crippen molar-refractivity contribution in [3.63, 3.8) is 0 Å². The molecule has 6 nitrogen and oxygen atoms in total. The number of hydrogen-bond donors (Lipinski definition) is 3. The van der Waals surface area contributed by atoms with Crippen LogP contribution in [0.5, 0.6) is 0 Å². The molecule has 3 aromatic rings. The fourth-order valence-corrected chi connectivity index (χ4v) is 3.92. The number of hydrogen-bond acceptors (Lipinski definition) is 4. The van der Waals surface area contributed by atoms with Crippen LogP contribution < -0.4 is 10.5 Å². The maximum absolute atomic E-state index is 12.6. The van der Waals surface area contributed by atoms with Gasteiger partial charge < -0.3 is 20.7 Å². The van der Waals surface area contributed by atoms with E-state index >= 15 is 0 Å². The first-order valence-electron chi connectivity index (χ1n) is 8.40. The van der Waals surface area contributed by atoms with Crippen LogP contribution in [0.2, 0.25) is 0 Å². The van der Waals surface area contributed by atoms with Gasteiger partial charge in [-0.3, -0.25) is 10.0 Å². The Morgan fingerprint density at radius 3 is 2.77 bits per heavy atom. The highest BCUT2D eigenvalue weighted by Crippen LogP contribution is 2.36. The van der Waals surface area contributed by atoms with E-state index in [1.54, 1.807) is 0 Å². The van der Waals surface area contributed by atoms with Crippen LogP contribution in [-0.2, 0) is 6.42 Å². The second-order valence-electron chi connectivity index (χ2n) is 6.45. The molecule has 1 heterocycles. The predicted octanol–water partition coefficient (Wildman–Crippen LogP) is 4.43. The lowest BCUT2D eigenvalue weighted by Gasteiger charge is -2.24. The van der Waals surface area contributed by atoms with Gasteiger partial charge in [-0.05, 0) is 67.3 Å². The summed E-state index contributed by atoms with van der Waals surface area (Å²) in [4.78, 5) is 16.0. The van der Waals surface area contributed by atoms with E-state index in [1.165, 1.54) is 35.2 Å². The third kappa shape index (κ3) is 3.09. The highest BCUT2D eigenvalue weighted by molar-refractivity contribution is 9.10. The number of fused-ring (bicyclic) bond motifs is 3. The van der Waals surface area contributed by atoms with Gasteiger partial charge in [0.05, 0.1) is 11.7 Å². The first kappa shape index (κ1) is 17.1. The maximum Gasteiger partial charge on any atom is 0.251 e. The fraction of sp³-hybridized carbons (Fsp3) is 0.211. The molecule has 2 aromatic carbocycles. The number of aromatic nitrogens is 1. The van der Waals surface area contributed by atoms with Gasteiger partial charge in [-0.25, -0.2) is 0 Å². The van der Waals surface area contributed by atoms with Gasteiger partial charge in [0.15, 0.2) is 0 Å². The van der Waals surface area contributed by atoms with Crippen LogP contribution in [0.1, 0.15) is 40.5 Å². The molecule has 26 heavy (non-hydrogen) atoms. The van der Waals surface area contributed by atoms with Gasteiger partial charge >= 0.3 is 0 Å². The van der Waals surface area contributed by atoms with Crippen molar-refractivity contribution in [3.05, 3.63) is 69.0 Å². The minimum atomic E-state index is -0.224. The molecule has 0 aliphatic heterocycles. The maximum atomic E-state index is 12.6. The van der Waals surface area contributed by atoms with E-state index < -0.39 is 0 Å².